The fourth-order valence-corrected chi connectivity index (χ4v) is 3.67. The van der Waals surface area contributed by atoms with Crippen molar-refractivity contribution in [3.63, 3.8) is 0 Å². The molecule has 2 atom stereocenters. The molecule has 2 saturated heterocycles. The molecule has 4 rings (SSSR count). The highest BCUT2D eigenvalue weighted by Gasteiger charge is 2.38. The van der Waals surface area contributed by atoms with Crippen molar-refractivity contribution in [2.24, 2.45) is 5.92 Å². The van der Waals surface area contributed by atoms with E-state index in [0.29, 0.717) is 30.7 Å². The van der Waals surface area contributed by atoms with E-state index in [0.717, 1.165) is 24.9 Å². The molecular weight excluding hydrogens is 283 g/mol. The lowest BCUT2D eigenvalue weighted by Crippen LogP contribution is -2.41. The summed E-state index contributed by atoms with van der Waals surface area (Å²) >= 11 is 0. The Morgan fingerprint density at radius 1 is 1.45 bits per heavy atom. The van der Waals surface area contributed by atoms with Crippen LogP contribution >= 0.6 is 0 Å². The number of rotatable bonds is 1. The highest BCUT2D eigenvalue weighted by Crippen LogP contribution is 2.26. The van der Waals surface area contributed by atoms with Crippen LogP contribution < -0.4 is 5.32 Å². The Bertz CT molecular complexity index is 727. The van der Waals surface area contributed by atoms with Crippen molar-refractivity contribution in [3.05, 3.63) is 35.5 Å². The van der Waals surface area contributed by atoms with Crippen molar-refractivity contribution in [1.29, 1.82) is 0 Å². The average Bonchev–Trinajstić information content (AvgIpc) is 3.09. The molecule has 1 N–H and O–H groups in total. The van der Waals surface area contributed by atoms with Gasteiger partial charge in [-0.1, -0.05) is 6.07 Å². The number of aromatic nitrogens is 2. The molecule has 2 fully saturated rings. The lowest BCUT2D eigenvalue weighted by atomic mass is 9.94. The number of fused-ring (bicyclic) bond motifs is 2. The monoisotopic (exact) mass is 302 g/mol. The Morgan fingerprint density at radius 2 is 2.32 bits per heavy atom. The van der Waals surface area contributed by atoms with Gasteiger partial charge in [-0.2, -0.15) is 4.39 Å². The third kappa shape index (κ3) is 2.01. The molecule has 6 heteroatoms. The maximum Gasteiger partial charge on any atom is 0.277 e. The third-order valence-corrected chi connectivity index (χ3v) is 4.88. The van der Waals surface area contributed by atoms with Crippen molar-refractivity contribution >= 4 is 11.6 Å². The summed E-state index contributed by atoms with van der Waals surface area (Å²) in [6.07, 6.45) is 3.88. The molecule has 0 spiro atoms. The standard InChI is InChI=1S/C16H19FN4O/c1-10-4-3-7-21-14(17)13(19-15(10)21)16(22)20-8-11-5-2-6-18-12(11)9-20/h3-4,7,11-12,18H,2,5-6,8-9H2,1H3/t11-,12+/m0/s1. The van der Waals surface area contributed by atoms with Crippen LogP contribution in [-0.4, -0.2) is 45.9 Å². The lowest BCUT2D eigenvalue weighted by molar-refractivity contribution is 0.0775. The molecular formula is C16H19FN4O. The quantitative estimate of drug-likeness (QED) is 0.870. The number of imidazole rings is 1. The second-order valence-electron chi connectivity index (χ2n) is 6.31. The van der Waals surface area contributed by atoms with Crippen molar-refractivity contribution in [2.45, 2.75) is 25.8 Å². The van der Waals surface area contributed by atoms with E-state index in [9.17, 15) is 9.18 Å². The fraction of sp³-hybridized carbons (Fsp3) is 0.500. The van der Waals surface area contributed by atoms with Gasteiger partial charge in [-0.25, -0.2) is 4.98 Å². The summed E-state index contributed by atoms with van der Waals surface area (Å²) in [6.45, 7) is 4.22. The number of nitrogens with one attached hydrogen (secondary N) is 1. The van der Waals surface area contributed by atoms with Crippen LogP contribution in [-0.2, 0) is 0 Å². The van der Waals surface area contributed by atoms with Crippen LogP contribution in [0.5, 0.6) is 0 Å². The average molecular weight is 302 g/mol. The van der Waals surface area contributed by atoms with Crippen molar-refractivity contribution < 1.29 is 9.18 Å². The fourth-order valence-electron chi connectivity index (χ4n) is 3.67. The summed E-state index contributed by atoms with van der Waals surface area (Å²) < 4.78 is 15.9. The molecule has 1 amide bonds. The molecule has 5 nitrogen and oxygen atoms in total. The summed E-state index contributed by atoms with van der Waals surface area (Å²) in [4.78, 5) is 18.7. The number of aryl methyl sites for hydroxylation is 1. The highest BCUT2D eigenvalue weighted by molar-refractivity contribution is 5.93. The molecule has 2 aliphatic heterocycles. The Kier molecular flexibility index (Phi) is 3.14. The molecule has 4 heterocycles. The predicted octanol–water partition coefficient (Wildman–Crippen LogP) is 1.61. The minimum Gasteiger partial charge on any atom is -0.335 e. The molecule has 116 valence electrons. The van der Waals surface area contributed by atoms with Gasteiger partial charge in [0.25, 0.3) is 5.91 Å². The highest BCUT2D eigenvalue weighted by atomic mass is 19.1. The van der Waals surface area contributed by atoms with E-state index in [1.807, 2.05) is 13.0 Å². The summed E-state index contributed by atoms with van der Waals surface area (Å²) in [5.41, 5.74) is 1.31. The van der Waals surface area contributed by atoms with Gasteiger partial charge in [0.05, 0.1) is 0 Å². The van der Waals surface area contributed by atoms with Gasteiger partial charge in [-0.15, -0.1) is 0 Å². The maximum atomic E-state index is 14.5. The number of piperidine rings is 1. The van der Waals surface area contributed by atoms with E-state index in [1.54, 1.807) is 17.2 Å². The Hall–Kier alpha value is -1.95. The summed E-state index contributed by atoms with van der Waals surface area (Å²) in [6, 6.07) is 3.97. The van der Waals surface area contributed by atoms with Gasteiger partial charge < -0.3 is 10.2 Å². The van der Waals surface area contributed by atoms with E-state index in [4.69, 9.17) is 0 Å². The smallest absolute Gasteiger partial charge is 0.277 e. The largest absolute Gasteiger partial charge is 0.335 e. The number of carbonyl (C=O) groups is 1. The van der Waals surface area contributed by atoms with E-state index in [-0.39, 0.29) is 11.6 Å². The molecule has 0 radical (unpaired) electrons. The summed E-state index contributed by atoms with van der Waals surface area (Å²) in [5.74, 6) is -0.372. The van der Waals surface area contributed by atoms with Crippen LogP contribution in [0.2, 0.25) is 0 Å². The second-order valence-corrected chi connectivity index (χ2v) is 6.31. The zero-order valence-electron chi connectivity index (χ0n) is 12.6. The van der Waals surface area contributed by atoms with Crippen LogP contribution in [0.4, 0.5) is 4.39 Å². The number of halogens is 1. The first kappa shape index (κ1) is 13.7. The predicted molar refractivity (Wildman–Crippen MR) is 80.3 cm³/mol. The van der Waals surface area contributed by atoms with Gasteiger partial charge in [-0.05, 0) is 43.9 Å². The molecule has 2 aliphatic rings. The second kappa shape index (κ2) is 5.05. The zero-order valence-corrected chi connectivity index (χ0v) is 12.6. The zero-order chi connectivity index (χ0) is 15.3. The Morgan fingerprint density at radius 3 is 3.09 bits per heavy atom. The number of pyridine rings is 1. The van der Waals surface area contributed by atoms with Gasteiger partial charge in [0.15, 0.2) is 5.69 Å². The molecule has 2 aromatic rings. The van der Waals surface area contributed by atoms with Gasteiger partial charge in [0.2, 0.25) is 5.95 Å². The van der Waals surface area contributed by atoms with Crippen LogP contribution in [0.1, 0.15) is 28.9 Å². The van der Waals surface area contributed by atoms with Crippen molar-refractivity contribution in [2.75, 3.05) is 19.6 Å². The molecule has 22 heavy (non-hydrogen) atoms. The first-order valence-electron chi connectivity index (χ1n) is 7.81. The first-order chi connectivity index (χ1) is 10.6. The molecule has 0 bridgehead atoms. The van der Waals surface area contributed by atoms with E-state index < -0.39 is 5.95 Å². The van der Waals surface area contributed by atoms with Crippen LogP contribution in [0, 0.1) is 18.8 Å². The summed E-state index contributed by atoms with van der Waals surface area (Å²) in [7, 11) is 0. The van der Waals surface area contributed by atoms with E-state index >= 15 is 0 Å². The minimum atomic E-state index is -0.563. The van der Waals surface area contributed by atoms with E-state index in [1.165, 1.54) is 4.40 Å². The van der Waals surface area contributed by atoms with Crippen molar-refractivity contribution in [1.82, 2.24) is 19.6 Å². The molecule has 0 saturated carbocycles. The van der Waals surface area contributed by atoms with E-state index in [2.05, 4.69) is 10.3 Å². The SMILES string of the molecule is Cc1cccn2c(F)c(C(=O)N3C[C@@H]4CCCN[C@@H]4C3)nc12. The number of hydrogen-bond donors (Lipinski definition) is 1. The Labute approximate surface area is 128 Å². The van der Waals surface area contributed by atoms with Crippen LogP contribution in [0.3, 0.4) is 0 Å². The maximum absolute atomic E-state index is 14.5. The minimum absolute atomic E-state index is 0.0621. The van der Waals surface area contributed by atoms with Gasteiger partial charge >= 0.3 is 0 Å². The summed E-state index contributed by atoms with van der Waals surface area (Å²) in [5, 5.41) is 3.45. The molecule has 0 aromatic carbocycles. The molecule has 0 unspecified atom stereocenters. The van der Waals surface area contributed by atoms with Gasteiger partial charge in [-0.3, -0.25) is 9.20 Å². The number of hydrogen-bond acceptors (Lipinski definition) is 3. The number of amides is 1. The number of nitrogens with zero attached hydrogens (tertiary/aromatic N) is 3. The Balaban J connectivity index is 1.66. The van der Waals surface area contributed by atoms with Gasteiger partial charge in [0.1, 0.15) is 5.65 Å². The molecule has 0 aliphatic carbocycles. The van der Waals surface area contributed by atoms with Crippen molar-refractivity contribution in [3.8, 4) is 0 Å². The molecule has 2 aromatic heterocycles. The van der Waals surface area contributed by atoms with Crippen LogP contribution in [0.25, 0.3) is 5.65 Å². The normalized spacial score (nSPS) is 24.7. The lowest BCUT2D eigenvalue weighted by Gasteiger charge is -2.24. The number of carbonyl (C=O) groups excluding carboxylic acids is 1. The van der Waals surface area contributed by atoms with Crippen LogP contribution in [0.15, 0.2) is 18.3 Å². The van der Waals surface area contributed by atoms with Gasteiger partial charge in [0, 0.05) is 25.3 Å². The topological polar surface area (TPSA) is 49.6 Å². The first-order valence-corrected chi connectivity index (χ1v) is 7.81. The number of likely N-dealkylation sites (tertiary alicyclic amines) is 1. The third-order valence-electron chi connectivity index (χ3n) is 4.88.